The van der Waals surface area contributed by atoms with Crippen LogP contribution in [0.2, 0.25) is 0 Å². The van der Waals surface area contributed by atoms with E-state index in [-0.39, 0.29) is 17.5 Å². The first kappa shape index (κ1) is 22.0. The number of nitriles is 1. The van der Waals surface area contributed by atoms with Crippen LogP contribution in [0.1, 0.15) is 38.2 Å². The third kappa shape index (κ3) is 5.86. The Morgan fingerprint density at radius 2 is 2.11 bits per heavy atom. The van der Waals surface area contributed by atoms with Crippen LogP contribution in [0.5, 0.6) is 11.5 Å². The maximum absolute atomic E-state index is 12.6. The average molecular weight is 498 g/mol. The maximum Gasteiger partial charge on any atom is 0.341 e. The third-order valence-electron chi connectivity index (χ3n) is 4.70. The summed E-state index contributed by atoms with van der Waals surface area (Å²) < 4.78 is 11.2. The molecule has 0 aliphatic heterocycles. The summed E-state index contributed by atoms with van der Waals surface area (Å²) in [7, 11) is 1.44. The van der Waals surface area contributed by atoms with Gasteiger partial charge < -0.3 is 19.9 Å². The zero-order valence-corrected chi connectivity index (χ0v) is 18.0. The van der Waals surface area contributed by atoms with Gasteiger partial charge in [-0.3, -0.25) is 4.79 Å². The minimum Gasteiger partial charge on any atom is -0.493 e. The van der Waals surface area contributed by atoms with Crippen molar-refractivity contribution in [2.45, 2.75) is 38.6 Å². The zero-order chi connectivity index (χ0) is 20.7. The number of hydrogen-bond acceptors (Lipinski definition) is 5. The summed E-state index contributed by atoms with van der Waals surface area (Å²) in [6.45, 7) is 1.62. The molecule has 0 bridgehead atoms. The Morgan fingerprint density at radius 1 is 1.39 bits per heavy atom. The molecule has 2 N–H and O–H groups in total. The van der Waals surface area contributed by atoms with Crippen molar-refractivity contribution in [3.8, 4) is 17.6 Å². The molecule has 0 saturated heterocycles. The third-order valence-corrected chi connectivity index (χ3v) is 5.50. The molecule has 8 heteroatoms. The molecule has 1 amide bonds. The number of rotatable bonds is 7. The van der Waals surface area contributed by atoms with Crippen molar-refractivity contribution in [2.75, 3.05) is 13.7 Å². The van der Waals surface area contributed by atoms with E-state index in [0.29, 0.717) is 26.6 Å². The molecule has 1 aromatic rings. The van der Waals surface area contributed by atoms with Crippen LogP contribution in [0.15, 0.2) is 17.7 Å². The number of amides is 1. The maximum atomic E-state index is 12.6. The largest absolute Gasteiger partial charge is 0.493 e. The summed E-state index contributed by atoms with van der Waals surface area (Å²) in [6, 6.07) is 5.35. The lowest BCUT2D eigenvalue weighted by atomic mass is 9.86. The highest BCUT2D eigenvalue weighted by Gasteiger charge is 2.24. The number of carboxylic acids is 1. The first-order valence-corrected chi connectivity index (χ1v) is 10.1. The van der Waals surface area contributed by atoms with E-state index in [1.54, 1.807) is 12.1 Å². The minimum atomic E-state index is -1.10. The quantitative estimate of drug-likeness (QED) is 0.339. The van der Waals surface area contributed by atoms with E-state index in [0.717, 1.165) is 19.3 Å². The van der Waals surface area contributed by atoms with Crippen molar-refractivity contribution in [2.24, 2.45) is 5.92 Å². The highest BCUT2D eigenvalue weighted by Crippen LogP contribution is 2.34. The van der Waals surface area contributed by atoms with Crippen LogP contribution in [-0.2, 0) is 9.59 Å². The van der Waals surface area contributed by atoms with Crippen molar-refractivity contribution < 1.29 is 24.2 Å². The Bertz CT molecular complexity index is 816. The summed E-state index contributed by atoms with van der Waals surface area (Å²) >= 11 is 1.99. The summed E-state index contributed by atoms with van der Waals surface area (Å²) in [5, 5.41) is 21.2. The lowest BCUT2D eigenvalue weighted by Crippen LogP contribution is -2.41. The second-order valence-corrected chi connectivity index (χ2v) is 7.89. The van der Waals surface area contributed by atoms with Crippen LogP contribution in [0.3, 0.4) is 0 Å². The van der Waals surface area contributed by atoms with Gasteiger partial charge in [-0.2, -0.15) is 5.26 Å². The molecule has 0 aromatic heterocycles. The minimum absolute atomic E-state index is 0.00910. The number of aliphatic carboxylic acids is 1. The summed E-state index contributed by atoms with van der Waals surface area (Å²) in [5.41, 5.74) is 0.599. The van der Waals surface area contributed by atoms with E-state index in [9.17, 15) is 14.9 Å². The first-order valence-electron chi connectivity index (χ1n) is 9.00. The molecule has 1 aromatic carbocycles. The van der Waals surface area contributed by atoms with Crippen molar-refractivity contribution in [1.82, 2.24) is 5.32 Å². The van der Waals surface area contributed by atoms with E-state index >= 15 is 0 Å². The highest BCUT2D eigenvalue weighted by atomic mass is 127. The Hall–Kier alpha value is -2.28. The predicted molar refractivity (Wildman–Crippen MR) is 112 cm³/mol. The van der Waals surface area contributed by atoms with Crippen molar-refractivity contribution >= 4 is 40.5 Å². The fraction of sp³-hybridized carbons (Fsp3) is 0.450. The average Bonchev–Trinajstić information content (AvgIpc) is 2.66. The number of carboxylic acid groups (broad SMARTS) is 1. The molecule has 0 radical (unpaired) electrons. The normalized spacial score (nSPS) is 19.4. The number of halogens is 1. The molecule has 0 heterocycles. The number of ether oxygens (including phenoxy) is 2. The van der Waals surface area contributed by atoms with Gasteiger partial charge in [-0.25, -0.2) is 4.79 Å². The van der Waals surface area contributed by atoms with Crippen LogP contribution in [0.25, 0.3) is 6.08 Å². The second kappa shape index (κ2) is 10.3. The Balaban J connectivity index is 2.23. The molecule has 2 rings (SSSR count). The number of benzene rings is 1. The summed E-state index contributed by atoms with van der Waals surface area (Å²) in [6.07, 6.45) is 5.74. The van der Waals surface area contributed by atoms with E-state index in [4.69, 9.17) is 14.6 Å². The van der Waals surface area contributed by atoms with Crippen molar-refractivity contribution in [1.29, 1.82) is 5.26 Å². The van der Waals surface area contributed by atoms with E-state index in [2.05, 4.69) is 12.2 Å². The number of nitrogens with one attached hydrogen (secondary N) is 1. The molecule has 2 atom stereocenters. The second-order valence-electron chi connectivity index (χ2n) is 6.73. The smallest absolute Gasteiger partial charge is 0.341 e. The number of methoxy groups -OCH3 is 1. The van der Waals surface area contributed by atoms with Crippen LogP contribution >= 0.6 is 22.6 Å². The summed E-state index contributed by atoms with van der Waals surface area (Å²) in [4.78, 5) is 23.3. The fourth-order valence-corrected chi connectivity index (χ4v) is 3.97. The van der Waals surface area contributed by atoms with Gasteiger partial charge in [0, 0.05) is 6.04 Å². The Morgan fingerprint density at radius 3 is 2.71 bits per heavy atom. The molecule has 7 nitrogen and oxygen atoms in total. The topological polar surface area (TPSA) is 109 Å². The molecule has 1 aliphatic rings. The Kier molecular flexibility index (Phi) is 8.11. The van der Waals surface area contributed by atoms with Gasteiger partial charge in [0.2, 0.25) is 0 Å². The molecule has 1 fully saturated rings. The summed E-state index contributed by atoms with van der Waals surface area (Å²) in [5.74, 6) is -0.451. The fourth-order valence-electron chi connectivity index (χ4n) is 3.19. The van der Waals surface area contributed by atoms with Gasteiger partial charge in [0.1, 0.15) is 11.6 Å². The molecule has 28 heavy (non-hydrogen) atoms. The predicted octanol–water partition coefficient (Wildman–Crippen LogP) is 3.37. The van der Waals surface area contributed by atoms with Crippen LogP contribution < -0.4 is 14.8 Å². The highest BCUT2D eigenvalue weighted by molar-refractivity contribution is 14.1. The number of hydrogen-bond donors (Lipinski definition) is 2. The van der Waals surface area contributed by atoms with Crippen molar-refractivity contribution in [3.63, 3.8) is 0 Å². The number of nitrogens with zero attached hydrogens (tertiary/aromatic N) is 1. The van der Waals surface area contributed by atoms with E-state index in [1.807, 2.05) is 28.7 Å². The van der Waals surface area contributed by atoms with Gasteiger partial charge in [0.05, 0.1) is 10.7 Å². The van der Waals surface area contributed by atoms with Crippen LogP contribution in [0, 0.1) is 20.8 Å². The molecule has 0 unspecified atom stereocenters. The first-order chi connectivity index (χ1) is 13.3. The van der Waals surface area contributed by atoms with Gasteiger partial charge >= 0.3 is 5.97 Å². The zero-order valence-electron chi connectivity index (χ0n) is 15.8. The van der Waals surface area contributed by atoms with Gasteiger partial charge in [-0.1, -0.05) is 19.8 Å². The van der Waals surface area contributed by atoms with Crippen LogP contribution in [-0.4, -0.2) is 36.7 Å². The monoisotopic (exact) mass is 498 g/mol. The number of carbonyl (C=O) groups is 2. The molecular formula is C20H23IN2O5. The lowest BCUT2D eigenvalue weighted by Gasteiger charge is -2.29. The lowest BCUT2D eigenvalue weighted by molar-refractivity contribution is -0.139. The van der Waals surface area contributed by atoms with E-state index in [1.165, 1.54) is 19.6 Å². The molecule has 0 spiro atoms. The SMILES string of the molecule is COc1cc(/C=C(\C#N)C(=O)N[C@@H]2CCCC[C@H]2C)cc(I)c1OCC(=O)O. The molecule has 1 aliphatic carbocycles. The van der Waals surface area contributed by atoms with Gasteiger partial charge in [0.25, 0.3) is 5.91 Å². The number of carbonyl (C=O) groups excluding carboxylic acids is 1. The Labute approximate surface area is 177 Å². The standard InChI is InChI=1S/C20H23IN2O5/c1-12-5-3-4-6-16(12)23-20(26)14(10-22)7-13-8-15(21)19(17(9-13)27-2)28-11-18(24)25/h7-9,12,16H,3-6,11H2,1-2H3,(H,23,26)(H,24,25)/b14-7+/t12-,16-/m1/s1. The van der Waals surface area contributed by atoms with Gasteiger partial charge in [0.15, 0.2) is 18.1 Å². The van der Waals surface area contributed by atoms with Crippen molar-refractivity contribution in [3.05, 3.63) is 26.8 Å². The van der Waals surface area contributed by atoms with Gasteiger partial charge in [-0.15, -0.1) is 0 Å². The van der Waals surface area contributed by atoms with E-state index < -0.39 is 12.6 Å². The van der Waals surface area contributed by atoms with Gasteiger partial charge in [-0.05, 0) is 65.1 Å². The molecule has 1 saturated carbocycles. The van der Waals surface area contributed by atoms with Crippen LogP contribution in [0.4, 0.5) is 0 Å². The molecule has 150 valence electrons. The molecular weight excluding hydrogens is 475 g/mol.